The Balaban J connectivity index is 0.00000208. The maximum Gasteiger partial charge on any atom is 0.191 e. The van der Waals surface area contributed by atoms with E-state index < -0.39 is 0 Å². The first-order valence-corrected chi connectivity index (χ1v) is 8.73. The SMILES string of the molecule is CCNC(=NCC1CCCO1)NCCc1ccc2c(c1)CCO2.I. The Morgan fingerprint density at radius 3 is 3.00 bits per heavy atom. The second kappa shape index (κ2) is 10.1. The van der Waals surface area contributed by atoms with Crippen molar-refractivity contribution in [3.8, 4) is 5.75 Å². The molecule has 0 aromatic heterocycles. The van der Waals surface area contributed by atoms with Crippen LogP contribution in [0.5, 0.6) is 5.75 Å². The van der Waals surface area contributed by atoms with Gasteiger partial charge in [-0.3, -0.25) is 4.99 Å². The molecule has 1 fully saturated rings. The molecule has 1 unspecified atom stereocenters. The van der Waals surface area contributed by atoms with Gasteiger partial charge in [0.15, 0.2) is 5.96 Å². The number of hydrogen-bond acceptors (Lipinski definition) is 3. The summed E-state index contributed by atoms with van der Waals surface area (Å²) < 4.78 is 11.2. The van der Waals surface area contributed by atoms with Crippen LogP contribution in [0.2, 0.25) is 0 Å². The predicted molar refractivity (Wildman–Crippen MR) is 108 cm³/mol. The Morgan fingerprint density at radius 2 is 2.21 bits per heavy atom. The molecule has 6 heteroatoms. The van der Waals surface area contributed by atoms with Crippen LogP contribution >= 0.6 is 24.0 Å². The van der Waals surface area contributed by atoms with Gasteiger partial charge in [0.25, 0.3) is 0 Å². The molecule has 2 N–H and O–H groups in total. The third kappa shape index (κ3) is 5.51. The van der Waals surface area contributed by atoms with Crippen molar-refractivity contribution in [2.75, 3.05) is 32.8 Å². The lowest BCUT2D eigenvalue weighted by molar-refractivity contribution is 0.117. The number of nitrogens with zero attached hydrogens (tertiary/aromatic N) is 1. The summed E-state index contributed by atoms with van der Waals surface area (Å²) in [5, 5.41) is 6.71. The van der Waals surface area contributed by atoms with Crippen LogP contribution in [0, 0.1) is 0 Å². The summed E-state index contributed by atoms with van der Waals surface area (Å²) in [6, 6.07) is 6.51. The monoisotopic (exact) mass is 445 g/mol. The van der Waals surface area contributed by atoms with Crippen LogP contribution in [0.25, 0.3) is 0 Å². The van der Waals surface area contributed by atoms with Crippen LogP contribution in [0.1, 0.15) is 30.9 Å². The molecule has 2 heterocycles. The number of rotatable bonds is 6. The van der Waals surface area contributed by atoms with Crippen LogP contribution < -0.4 is 15.4 Å². The average Bonchev–Trinajstić information content (AvgIpc) is 3.23. The highest BCUT2D eigenvalue weighted by Gasteiger charge is 2.15. The number of aliphatic imine (C=N–C) groups is 1. The zero-order chi connectivity index (χ0) is 15.9. The van der Waals surface area contributed by atoms with E-state index in [1.54, 1.807) is 0 Å². The summed E-state index contributed by atoms with van der Waals surface area (Å²) in [4.78, 5) is 4.63. The van der Waals surface area contributed by atoms with Crippen LogP contribution in [0.15, 0.2) is 23.2 Å². The third-order valence-electron chi connectivity index (χ3n) is 4.28. The van der Waals surface area contributed by atoms with Gasteiger partial charge < -0.3 is 20.1 Å². The Labute approximate surface area is 161 Å². The minimum atomic E-state index is 0. The molecule has 2 aliphatic rings. The van der Waals surface area contributed by atoms with Gasteiger partial charge in [-0.15, -0.1) is 24.0 Å². The van der Waals surface area contributed by atoms with E-state index >= 15 is 0 Å². The summed E-state index contributed by atoms with van der Waals surface area (Å²) in [7, 11) is 0. The first-order valence-electron chi connectivity index (χ1n) is 8.73. The first kappa shape index (κ1) is 19.3. The van der Waals surface area contributed by atoms with Crippen LogP contribution in [0.4, 0.5) is 0 Å². The van der Waals surface area contributed by atoms with Gasteiger partial charge in [-0.05, 0) is 43.4 Å². The molecule has 3 rings (SSSR count). The van der Waals surface area contributed by atoms with Crippen molar-refractivity contribution in [2.24, 2.45) is 4.99 Å². The molecule has 1 atom stereocenters. The van der Waals surface area contributed by atoms with E-state index in [0.29, 0.717) is 6.10 Å². The number of fused-ring (bicyclic) bond motifs is 1. The fraction of sp³-hybridized carbons (Fsp3) is 0.611. The summed E-state index contributed by atoms with van der Waals surface area (Å²) in [6.07, 6.45) is 4.59. The molecule has 0 spiro atoms. The highest BCUT2D eigenvalue weighted by atomic mass is 127. The minimum Gasteiger partial charge on any atom is -0.493 e. The molecule has 1 aromatic rings. The number of guanidine groups is 1. The second-order valence-corrected chi connectivity index (χ2v) is 6.07. The van der Waals surface area contributed by atoms with E-state index in [0.717, 1.165) is 70.2 Å². The molecule has 1 saturated heterocycles. The molecule has 24 heavy (non-hydrogen) atoms. The predicted octanol–water partition coefficient (Wildman–Crippen LogP) is 2.52. The molecule has 1 aromatic carbocycles. The van der Waals surface area contributed by atoms with Crippen molar-refractivity contribution in [2.45, 2.75) is 38.7 Å². The smallest absolute Gasteiger partial charge is 0.191 e. The van der Waals surface area contributed by atoms with E-state index in [2.05, 4.69) is 40.7 Å². The third-order valence-corrected chi connectivity index (χ3v) is 4.28. The zero-order valence-electron chi connectivity index (χ0n) is 14.3. The Kier molecular flexibility index (Phi) is 8.11. The van der Waals surface area contributed by atoms with E-state index in [-0.39, 0.29) is 24.0 Å². The van der Waals surface area contributed by atoms with Gasteiger partial charge in [0.2, 0.25) is 0 Å². The number of halogens is 1. The van der Waals surface area contributed by atoms with Crippen molar-refractivity contribution >= 4 is 29.9 Å². The zero-order valence-corrected chi connectivity index (χ0v) is 16.7. The number of hydrogen-bond donors (Lipinski definition) is 2. The van der Waals surface area contributed by atoms with Crippen molar-refractivity contribution in [3.63, 3.8) is 0 Å². The second-order valence-electron chi connectivity index (χ2n) is 6.07. The molecule has 5 nitrogen and oxygen atoms in total. The molecule has 0 bridgehead atoms. The van der Waals surface area contributed by atoms with Gasteiger partial charge in [-0.25, -0.2) is 0 Å². The van der Waals surface area contributed by atoms with Crippen molar-refractivity contribution < 1.29 is 9.47 Å². The lowest BCUT2D eigenvalue weighted by Gasteiger charge is -2.13. The van der Waals surface area contributed by atoms with E-state index in [4.69, 9.17) is 9.47 Å². The molecular formula is C18H28IN3O2. The summed E-state index contributed by atoms with van der Waals surface area (Å²) >= 11 is 0. The van der Waals surface area contributed by atoms with Crippen molar-refractivity contribution in [3.05, 3.63) is 29.3 Å². The summed E-state index contributed by atoms with van der Waals surface area (Å²) in [6.45, 7) is 6.27. The topological polar surface area (TPSA) is 54.9 Å². The molecule has 0 amide bonds. The number of ether oxygens (including phenoxy) is 2. The normalized spacial score (nSPS) is 19.4. The number of nitrogens with one attached hydrogen (secondary N) is 2. The quantitative estimate of drug-likeness (QED) is 0.402. The Bertz CT molecular complexity index is 545. The van der Waals surface area contributed by atoms with Crippen LogP contribution in [0.3, 0.4) is 0 Å². The average molecular weight is 445 g/mol. The van der Waals surface area contributed by atoms with Gasteiger partial charge in [-0.2, -0.15) is 0 Å². The Morgan fingerprint density at radius 1 is 1.29 bits per heavy atom. The van der Waals surface area contributed by atoms with Gasteiger partial charge in [0, 0.05) is 26.1 Å². The van der Waals surface area contributed by atoms with Crippen molar-refractivity contribution in [1.29, 1.82) is 0 Å². The maximum atomic E-state index is 5.62. The van der Waals surface area contributed by atoms with Crippen molar-refractivity contribution in [1.82, 2.24) is 10.6 Å². The highest BCUT2D eigenvalue weighted by molar-refractivity contribution is 14.0. The van der Waals surface area contributed by atoms with Crippen LogP contribution in [-0.4, -0.2) is 44.9 Å². The standard InChI is InChI=1S/C18H27N3O2.HI/c1-2-19-18(21-13-16-4-3-10-22-16)20-9-7-14-5-6-17-15(12-14)8-11-23-17;/h5-6,12,16H,2-4,7-11,13H2,1H3,(H2,19,20,21);1H. The molecule has 0 radical (unpaired) electrons. The fourth-order valence-electron chi connectivity index (χ4n) is 3.04. The molecular weight excluding hydrogens is 417 g/mol. The molecule has 0 aliphatic carbocycles. The van der Waals surface area contributed by atoms with Gasteiger partial charge in [0.05, 0.1) is 19.3 Å². The molecule has 0 saturated carbocycles. The highest BCUT2D eigenvalue weighted by Crippen LogP contribution is 2.25. The minimum absolute atomic E-state index is 0. The van der Waals surface area contributed by atoms with E-state index in [1.807, 2.05) is 0 Å². The summed E-state index contributed by atoms with van der Waals surface area (Å²) in [5.74, 6) is 1.93. The van der Waals surface area contributed by atoms with Gasteiger partial charge >= 0.3 is 0 Å². The fourth-order valence-corrected chi connectivity index (χ4v) is 3.04. The lowest BCUT2D eigenvalue weighted by atomic mass is 10.1. The van der Waals surface area contributed by atoms with Crippen LogP contribution in [-0.2, 0) is 17.6 Å². The summed E-state index contributed by atoms with van der Waals surface area (Å²) in [5.41, 5.74) is 2.68. The van der Waals surface area contributed by atoms with Gasteiger partial charge in [-0.1, -0.05) is 12.1 Å². The molecule has 2 aliphatic heterocycles. The van der Waals surface area contributed by atoms with Gasteiger partial charge in [0.1, 0.15) is 5.75 Å². The maximum absolute atomic E-state index is 5.62. The molecule has 134 valence electrons. The number of benzene rings is 1. The van der Waals surface area contributed by atoms with E-state index in [1.165, 1.54) is 11.1 Å². The largest absolute Gasteiger partial charge is 0.493 e. The Hall–Kier alpha value is -1.02. The lowest BCUT2D eigenvalue weighted by Crippen LogP contribution is -2.38. The first-order chi connectivity index (χ1) is 11.3. The van der Waals surface area contributed by atoms with E-state index in [9.17, 15) is 0 Å².